The molecule has 21 heavy (non-hydrogen) atoms. The van der Waals surface area contributed by atoms with Crippen LogP contribution in [0.2, 0.25) is 0 Å². The Balaban J connectivity index is 2.70. The van der Waals surface area contributed by atoms with Gasteiger partial charge in [0.15, 0.2) is 0 Å². The molecular formula is C14H25NO6. The minimum atomic E-state index is -1.03. The van der Waals surface area contributed by atoms with E-state index in [9.17, 15) is 14.7 Å². The molecule has 1 aliphatic rings. The van der Waals surface area contributed by atoms with Crippen molar-refractivity contribution in [1.29, 1.82) is 0 Å². The number of carbonyl (C=O) groups is 2. The van der Waals surface area contributed by atoms with Crippen molar-refractivity contribution in [3.8, 4) is 0 Å². The van der Waals surface area contributed by atoms with E-state index in [0.29, 0.717) is 6.42 Å². The minimum Gasteiger partial charge on any atom is -0.466 e. The number of aliphatic hydroxyl groups is 2. The van der Waals surface area contributed by atoms with Crippen LogP contribution < -0.4 is 5.32 Å². The van der Waals surface area contributed by atoms with Crippen LogP contribution in [0.4, 0.5) is 0 Å². The summed E-state index contributed by atoms with van der Waals surface area (Å²) in [7, 11) is 0. The first-order valence-electron chi connectivity index (χ1n) is 7.05. The van der Waals surface area contributed by atoms with Crippen LogP contribution in [0.25, 0.3) is 0 Å². The second kappa shape index (κ2) is 7.20. The Hall–Kier alpha value is -1.18. The number of hydrogen-bond acceptors (Lipinski definition) is 7. The van der Waals surface area contributed by atoms with Gasteiger partial charge in [-0.25, -0.2) is 0 Å². The lowest BCUT2D eigenvalue weighted by Gasteiger charge is -2.24. The Labute approximate surface area is 124 Å². The van der Waals surface area contributed by atoms with Crippen molar-refractivity contribution in [2.24, 2.45) is 5.92 Å². The minimum absolute atomic E-state index is 0.0867. The zero-order chi connectivity index (χ0) is 16.2. The predicted octanol–water partition coefficient (Wildman–Crippen LogP) is -0.409. The Morgan fingerprint density at radius 2 is 2.00 bits per heavy atom. The fourth-order valence-corrected chi connectivity index (χ4v) is 2.36. The fourth-order valence-electron chi connectivity index (χ4n) is 2.36. The van der Waals surface area contributed by atoms with E-state index in [0.717, 1.165) is 0 Å². The average molecular weight is 303 g/mol. The molecule has 4 atom stereocenters. The molecule has 0 amide bonds. The van der Waals surface area contributed by atoms with E-state index in [2.05, 4.69) is 5.32 Å². The molecule has 1 fully saturated rings. The third kappa shape index (κ3) is 5.61. The Bertz CT molecular complexity index is 378. The zero-order valence-corrected chi connectivity index (χ0v) is 13.0. The lowest BCUT2D eigenvalue weighted by molar-refractivity contribution is -0.157. The molecule has 0 aromatic carbocycles. The van der Waals surface area contributed by atoms with Crippen molar-refractivity contribution in [3.63, 3.8) is 0 Å². The summed E-state index contributed by atoms with van der Waals surface area (Å²) in [5.74, 6) is -1.09. The number of esters is 2. The molecule has 1 saturated heterocycles. The maximum atomic E-state index is 12.1. The van der Waals surface area contributed by atoms with Crippen molar-refractivity contribution in [2.75, 3.05) is 13.2 Å². The third-order valence-electron chi connectivity index (χ3n) is 3.23. The Morgan fingerprint density at radius 1 is 1.38 bits per heavy atom. The van der Waals surface area contributed by atoms with Crippen LogP contribution in [0, 0.1) is 5.92 Å². The lowest BCUT2D eigenvalue weighted by Crippen LogP contribution is -2.46. The van der Waals surface area contributed by atoms with Crippen LogP contribution >= 0.6 is 0 Å². The van der Waals surface area contributed by atoms with Gasteiger partial charge in [-0.15, -0.1) is 0 Å². The number of nitrogens with one attached hydrogen (secondary N) is 1. The molecule has 7 heteroatoms. The maximum absolute atomic E-state index is 12.1. The summed E-state index contributed by atoms with van der Waals surface area (Å²) in [6, 6.07) is -1.11. The van der Waals surface area contributed by atoms with Gasteiger partial charge in [0.05, 0.1) is 19.3 Å². The van der Waals surface area contributed by atoms with E-state index in [4.69, 9.17) is 14.6 Å². The molecule has 0 spiro atoms. The number of rotatable bonds is 5. The van der Waals surface area contributed by atoms with Crippen LogP contribution in [0.5, 0.6) is 0 Å². The molecule has 1 heterocycles. The van der Waals surface area contributed by atoms with Gasteiger partial charge in [-0.05, 0) is 27.2 Å². The highest BCUT2D eigenvalue weighted by molar-refractivity contribution is 5.76. The maximum Gasteiger partial charge on any atom is 0.323 e. The highest BCUT2D eigenvalue weighted by atomic mass is 16.6. The Morgan fingerprint density at radius 3 is 2.48 bits per heavy atom. The Kier molecular flexibility index (Phi) is 6.12. The topological polar surface area (TPSA) is 105 Å². The molecule has 122 valence electrons. The molecule has 1 rings (SSSR count). The molecule has 0 saturated carbocycles. The van der Waals surface area contributed by atoms with Crippen LogP contribution in [-0.2, 0) is 19.1 Å². The second-order valence-corrected chi connectivity index (χ2v) is 6.33. The van der Waals surface area contributed by atoms with E-state index in [1.54, 1.807) is 20.8 Å². The first-order chi connectivity index (χ1) is 9.64. The lowest BCUT2D eigenvalue weighted by atomic mass is 9.96. The van der Waals surface area contributed by atoms with Gasteiger partial charge in [0.2, 0.25) is 0 Å². The summed E-state index contributed by atoms with van der Waals surface area (Å²) in [6.07, 6.45) is -0.651. The summed E-state index contributed by atoms with van der Waals surface area (Å²) >= 11 is 0. The van der Waals surface area contributed by atoms with Gasteiger partial charge in [0.1, 0.15) is 11.6 Å². The van der Waals surface area contributed by atoms with Gasteiger partial charge >= 0.3 is 11.9 Å². The monoisotopic (exact) mass is 303 g/mol. The van der Waals surface area contributed by atoms with Gasteiger partial charge in [-0.2, -0.15) is 0 Å². The number of aliphatic hydroxyl groups excluding tert-OH is 2. The second-order valence-electron chi connectivity index (χ2n) is 6.33. The van der Waals surface area contributed by atoms with Crippen molar-refractivity contribution in [2.45, 2.75) is 57.9 Å². The molecule has 3 N–H and O–H groups in total. The first-order valence-corrected chi connectivity index (χ1v) is 7.05. The van der Waals surface area contributed by atoms with Gasteiger partial charge in [-0.1, -0.05) is 0 Å². The van der Waals surface area contributed by atoms with Gasteiger partial charge < -0.3 is 19.7 Å². The largest absolute Gasteiger partial charge is 0.466 e. The molecule has 0 aromatic heterocycles. The molecule has 0 unspecified atom stereocenters. The van der Waals surface area contributed by atoms with E-state index in [1.165, 1.54) is 6.92 Å². The molecule has 0 aliphatic carbocycles. The molecule has 1 aliphatic heterocycles. The average Bonchev–Trinajstić information content (AvgIpc) is 2.77. The van der Waals surface area contributed by atoms with Crippen molar-refractivity contribution < 1.29 is 29.3 Å². The van der Waals surface area contributed by atoms with E-state index >= 15 is 0 Å². The molecule has 0 aromatic rings. The van der Waals surface area contributed by atoms with Gasteiger partial charge in [-0.3, -0.25) is 14.9 Å². The van der Waals surface area contributed by atoms with Crippen LogP contribution in [0.3, 0.4) is 0 Å². The third-order valence-corrected chi connectivity index (χ3v) is 3.23. The first kappa shape index (κ1) is 17.9. The summed E-state index contributed by atoms with van der Waals surface area (Å²) < 4.78 is 10.3. The smallest absolute Gasteiger partial charge is 0.323 e. The van der Waals surface area contributed by atoms with Gasteiger partial charge in [0.25, 0.3) is 0 Å². The van der Waals surface area contributed by atoms with E-state index in [-0.39, 0.29) is 12.5 Å². The van der Waals surface area contributed by atoms with E-state index < -0.39 is 42.3 Å². The number of ether oxygens (including phenoxy) is 2. The standard InChI is InChI=1S/C14H25NO6/c1-8(17)20-7-9-5-10(13(19)21-14(2,3)4)15-12(9)11(18)6-16/h9-12,15-16,18H,5-7H2,1-4H3/t9-,10+,11+,12+/m0/s1. The highest BCUT2D eigenvalue weighted by Crippen LogP contribution is 2.25. The van der Waals surface area contributed by atoms with Gasteiger partial charge in [0, 0.05) is 18.9 Å². The highest BCUT2D eigenvalue weighted by Gasteiger charge is 2.42. The summed E-state index contributed by atoms with van der Waals surface area (Å²) in [4.78, 5) is 23.0. The molecule has 7 nitrogen and oxygen atoms in total. The zero-order valence-electron chi connectivity index (χ0n) is 13.0. The molecule has 0 bridgehead atoms. The fraction of sp³-hybridized carbons (Fsp3) is 0.857. The molecule has 0 radical (unpaired) electrons. The van der Waals surface area contributed by atoms with Crippen LogP contribution in [-0.4, -0.2) is 59.2 Å². The summed E-state index contributed by atoms with van der Waals surface area (Å²) in [6.45, 7) is 6.27. The molecular weight excluding hydrogens is 278 g/mol. The number of hydrogen-bond donors (Lipinski definition) is 3. The van der Waals surface area contributed by atoms with E-state index in [1.807, 2.05) is 0 Å². The van der Waals surface area contributed by atoms with Crippen molar-refractivity contribution >= 4 is 11.9 Å². The summed E-state index contributed by atoms with van der Waals surface area (Å²) in [5, 5.41) is 21.9. The van der Waals surface area contributed by atoms with Crippen LogP contribution in [0.15, 0.2) is 0 Å². The quantitative estimate of drug-likeness (QED) is 0.593. The summed E-state index contributed by atoms with van der Waals surface area (Å²) in [5.41, 5.74) is -0.599. The predicted molar refractivity (Wildman–Crippen MR) is 74.4 cm³/mol. The van der Waals surface area contributed by atoms with Crippen LogP contribution in [0.1, 0.15) is 34.1 Å². The normalized spacial score (nSPS) is 27.2. The number of carbonyl (C=O) groups excluding carboxylic acids is 2. The van der Waals surface area contributed by atoms with Crippen molar-refractivity contribution in [1.82, 2.24) is 5.32 Å². The SMILES string of the molecule is CC(=O)OC[C@@H]1C[C@H](C(=O)OC(C)(C)C)N[C@H]1[C@H](O)CO. The van der Waals surface area contributed by atoms with Crippen molar-refractivity contribution in [3.05, 3.63) is 0 Å².